The molecule has 0 unspecified atom stereocenters. The molecule has 3 aromatic rings. The third-order valence-corrected chi connectivity index (χ3v) is 5.06. The molecule has 0 amide bonds. The summed E-state index contributed by atoms with van der Waals surface area (Å²) in [6.07, 6.45) is -4.74. The molecule has 0 aliphatic heterocycles. The number of ether oxygens (including phenoxy) is 2. The summed E-state index contributed by atoms with van der Waals surface area (Å²) >= 11 is 1.52. The van der Waals surface area contributed by atoms with Crippen LogP contribution in [0.15, 0.2) is 47.4 Å². The minimum Gasteiger partial charge on any atom is -0.482 e. The van der Waals surface area contributed by atoms with E-state index in [2.05, 4.69) is 14.9 Å². The zero-order valence-corrected chi connectivity index (χ0v) is 17.3. The van der Waals surface area contributed by atoms with Crippen LogP contribution in [-0.4, -0.2) is 39.0 Å². The SMILES string of the molecule is Cc1cc(SCc2nn(-c3ccc(OC(F)(F)F)cc3)nc2C)ccc1OCC(=O)O. The van der Waals surface area contributed by atoms with E-state index in [0.717, 1.165) is 16.2 Å². The third kappa shape index (κ3) is 6.38. The monoisotopic (exact) mass is 453 g/mol. The second kappa shape index (κ2) is 9.29. The van der Waals surface area contributed by atoms with Crippen molar-refractivity contribution in [2.75, 3.05) is 6.61 Å². The number of hydrogen-bond acceptors (Lipinski definition) is 6. The number of carboxylic acids is 1. The highest BCUT2D eigenvalue weighted by Gasteiger charge is 2.31. The molecule has 3 rings (SSSR count). The Morgan fingerprint density at radius 2 is 1.84 bits per heavy atom. The Morgan fingerprint density at radius 3 is 2.45 bits per heavy atom. The van der Waals surface area contributed by atoms with Gasteiger partial charge < -0.3 is 14.6 Å². The fourth-order valence-electron chi connectivity index (χ4n) is 2.60. The maximum absolute atomic E-state index is 12.3. The third-order valence-electron chi connectivity index (χ3n) is 4.05. The normalized spacial score (nSPS) is 11.4. The smallest absolute Gasteiger partial charge is 0.482 e. The number of alkyl halides is 3. The highest BCUT2D eigenvalue weighted by Crippen LogP contribution is 2.28. The molecule has 0 aliphatic carbocycles. The molecule has 0 bridgehead atoms. The lowest BCUT2D eigenvalue weighted by Gasteiger charge is -2.09. The van der Waals surface area contributed by atoms with Gasteiger partial charge >= 0.3 is 12.3 Å². The highest BCUT2D eigenvalue weighted by molar-refractivity contribution is 7.98. The van der Waals surface area contributed by atoms with E-state index in [0.29, 0.717) is 22.9 Å². The standard InChI is InChI=1S/C20H18F3N3O4S/c1-12-9-16(7-8-18(12)29-10-19(27)28)31-11-17-13(2)24-26(25-17)14-3-5-15(6-4-14)30-20(21,22)23/h3-9H,10-11H2,1-2H3,(H,27,28). The number of aryl methyl sites for hydroxylation is 2. The minimum absolute atomic E-state index is 0.318. The average molecular weight is 453 g/mol. The first-order valence-electron chi connectivity index (χ1n) is 8.98. The maximum atomic E-state index is 12.3. The van der Waals surface area contributed by atoms with E-state index in [1.165, 1.54) is 40.8 Å². The van der Waals surface area contributed by atoms with Crippen molar-refractivity contribution in [1.82, 2.24) is 15.0 Å². The van der Waals surface area contributed by atoms with Crippen molar-refractivity contribution in [2.24, 2.45) is 0 Å². The van der Waals surface area contributed by atoms with E-state index in [-0.39, 0.29) is 5.75 Å². The molecule has 1 heterocycles. The maximum Gasteiger partial charge on any atom is 0.573 e. The predicted molar refractivity (Wildman–Crippen MR) is 107 cm³/mol. The van der Waals surface area contributed by atoms with Crippen molar-refractivity contribution < 1.29 is 32.5 Å². The molecule has 2 aromatic carbocycles. The Kier molecular flexibility index (Phi) is 6.74. The van der Waals surface area contributed by atoms with Crippen molar-refractivity contribution in [1.29, 1.82) is 0 Å². The zero-order chi connectivity index (χ0) is 22.6. The predicted octanol–water partition coefficient (Wildman–Crippen LogP) is 4.54. The lowest BCUT2D eigenvalue weighted by atomic mass is 10.2. The molecule has 0 atom stereocenters. The van der Waals surface area contributed by atoms with Crippen LogP contribution in [0.2, 0.25) is 0 Å². The number of nitrogens with zero attached hydrogens (tertiary/aromatic N) is 3. The number of halogens is 3. The number of aliphatic carboxylic acids is 1. The number of rotatable bonds is 8. The van der Waals surface area contributed by atoms with Gasteiger partial charge in [-0.3, -0.25) is 0 Å². The van der Waals surface area contributed by atoms with Gasteiger partial charge in [0.25, 0.3) is 0 Å². The van der Waals surface area contributed by atoms with Crippen LogP contribution >= 0.6 is 11.8 Å². The summed E-state index contributed by atoms with van der Waals surface area (Å²) in [6, 6.07) is 10.7. The van der Waals surface area contributed by atoms with Crippen LogP contribution in [-0.2, 0) is 10.5 Å². The van der Waals surface area contributed by atoms with Crippen molar-refractivity contribution in [3.63, 3.8) is 0 Å². The average Bonchev–Trinajstić information content (AvgIpc) is 3.05. The number of aromatic nitrogens is 3. The van der Waals surface area contributed by atoms with Gasteiger partial charge in [0.05, 0.1) is 17.1 Å². The molecule has 0 spiro atoms. The molecule has 0 saturated carbocycles. The van der Waals surface area contributed by atoms with Crippen LogP contribution in [0.25, 0.3) is 5.69 Å². The van der Waals surface area contributed by atoms with Crippen LogP contribution < -0.4 is 9.47 Å². The molecule has 1 N–H and O–H groups in total. The summed E-state index contributed by atoms with van der Waals surface area (Å²) in [7, 11) is 0. The van der Waals surface area contributed by atoms with Crippen LogP contribution in [0, 0.1) is 13.8 Å². The van der Waals surface area contributed by atoms with E-state index in [1.807, 2.05) is 19.1 Å². The minimum atomic E-state index is -4.74. The van der Waals surface area contributed by atoms with Crippen molar-refractivity contribution in [2.45, 2.75) is 30.9 Å². The number of carboxylic acid groups (broad SMARTS) is 1. The van der Waals surface area contributed by atoms with E-state index in [1.54, 1.807) is 13.0 Å². The van der Waals surface area contributed by atoms with Gasteiger partial charge in [0.1, 0.15) is 11.5 Å². The molecule has 164 valence electrons. The number of carbonyl (C=O) groups is 1. The molecule has 1 aromatic heterocycles. The number of hydrogen-bond donors (Lipinski definition) is 1. The van der Waals surface area contributed by atoms with E-state index in [4.69, 9.17) is 9.84 Å². The van der Waals surface area contributed by atoms with Crippen LogP contribution in [0.4, 0.5) is 13.2 Å². The van der Waals surface area contributed by atoms with Gasteiger partial charge in [-0.05, 0) is 61.9 Å². The van der Waals surface area contributed by atoms with Gasteiger partial charge in [-0.2, -0.15) is 15.0 Å². The summed E-state index contributed by atoms with van der Waals surface area (Å²) in [5.74, 6) is -0.330. The largest absolute Gasteiger partial charge is 0.573 e. The summed E-state index contributed by atoms with van der Waals surface area (Å²) in [4.78, 5) is 12.9. The van der Waals surface area contributed by atoms with Crippen molar-refractivity contribution >= 4 is 17.7 Å². The summed E-state index contributed by atoms with van der Waals surface area (Å²) < 4.78 is 45.9. The topological polar surface area (TPSA) is 86.5 Å². The van der Waals surface area contributed by atoms with Crippen LogP contribution in [0.1, 0.15) is 17.0 Å². The van der Waals surface area contributed by atoms with Gasteiger partial charge in [-0.25, -0.2) is 4.79 Å². The molecule has 11 heteroatoms. The molecule has 0 saturated heterocycles. The highest BCUT2D eigenvalue weighted by atomic mass is 32.2. The Balaban J connectivity index is 1.65. The quantitative estimate of drug-likeness (QED) is 0.501. The second-order valence-electron chi connectivity index (χ2n) is 6.46. The Bertz CT molecular complexity index is 1070. The molecular formula is C20H18F3N3O4S. The Labute approximate surface area is 179 Å². The molecule has 7 nitrogen and oxygen atoms in total. The lowest BCUT2D eigenvalue weighted by Crippen LogP contribution is -2.17. The van der Waals surface area contributed by atoms with E-state index < -0.39 is 18.9 Å². The molecule has 31 heavy (non-hydrogen) atoms. The first kappa shape index (κ1) is 22.5. The number of benzene rings is 2. The van der Waals surface area contributed by atoms with Gasteiger partial charge in [-0.1, -0.05) is 0 Å². The van der Waals surface area contributed by atoms with E-state index in [9.17, 15) is 18.0 Å². The number of thioether (sulfide) groups is 1. The summed E-state index contributed by atoms with van der Waals surface area (Å²) in [6.45, 7) is 3.22. The second-order valence-corrected chi connectivity index (χ2v) is 7.51. The Hall–Kier alpha value is -3.21. The molecule has 0 aliphatic rings. The summed E-state index contributed by atoms with van der Waals surface area (Å²) in [5.41, 5.74) is 2.74. The first-order chi connectivity index (χ1) is 14.6. The van der Waals surface area contributed by atoms with Gasteiger partial charge in [0.2, 0.25) is 0 Å². The lowest BCUT2D eigenvalue weighted by molar-refractivity contribution is -0.274. The van der Waals surface area contributed by atoms with Crippen LogP contribution in [0.5, 0.6) is 11.5 Å². The zero-order valence-electron chi connectivity index (χ0n) is 16.5. The molecule has 0 fully saturated rings. The van der Waals surface area contributed by atoms with Gasteiger partial charge in [-0.15, -0.1) is 24.9 Å². The van der Waals surface area contributed by atoms with Crippen molar-refractivity contribution in [3.05, 3.63) is 59.4 Å². The van der Waals surface area contributed by atoms with Crippen molar-refractivity contribution in [3.8, 4) is 17.2 Å². The van der Waals surface area contributed by atoms with Gasteiger partial charge in [0.15, 0.2) is 6.61 Å². The fourth-order valence-corrected chi connectivity index (χ4v) is 3.60. The molecule has 0 radical (unpaired) electrons. The Morgan fingerprint density at radius 1 is 1.13 bits per heavy atom. The van der Waals surface area contributed by atoms with E-state index >= 15 is 0 Å². The fraction of sp³-hybridized carbons (Fsp3) is 0.250. The van der Waals surface area contributed by atoms with Crippen LogP contribution in [0.3, 0.4) is 0 Å². The van der Waals surface area contributed by atoms with Gasteiger partial charge in [0, 0.05) is 10.6 Å². The molecular weight excluding hydrogens is 435 g/mol. The first-order valence-corrected chi connectivity index (χ1v) is 9.96. The summed E-state index contributed by atoms with van der Waals surface area (Å²) in [5, 5.41) is 17.4.